The van der Waals surface area contributed by atoms with Gasteiger partial charge in [-0.1, -0.05) is 0 Å². The van der Waals surface area contributed by atoms with Crippen molar-refractivity contribution in [3.05, 3.63) is 34.1 Å². The number of nitro benzene ring substituents is 1. The van der Waals surface area contributed by atoms with Crippen LogP contribution in [0.1, 0.15) is 20.8 Å². The van der Waals surface area contributed by atoms with Crippen LogP contribution in [0, 0.1) is 15.9 Å². The molecule has 6 nitrogen and oxygen atoms in total. The van der Waals surface area contributed by atoms with Crippen molar-refractivity contribution in [2.24, 2.45) is 0 Å². The average Bonchev–Trinajstić information content (AvgIpc) is 2.28. The number of nitro groups is 1. The van der Waals surface area contributed by atoms with E-state index in [-0.39, 0.29) is 18.0 Å². The largest absolute Gasteiger partial charge is 0.366 e. The number of carbonyl (C=O) groups is 1. The number of hydrogen-bond acceptors (Lipinski definition) is 4. The van der Waals surface area contributed by atoms with Crippen molar-refractivity contribution in [2.45, 2.75) is 26.4 Å². The molecule has 1 amide bonds. The van der Waals surface area contributed by atoms with Gasteiger partial charge in [-0.15, -0.1) is 0 Å². The van der Waals surface area contributed by atoms with Crippen molar-refractivity contribution in [3.63, 3.8) is 0 Å². The Morgan fingerprint density at radius 2 is 2.11 bits per heavy atom. The minimum atomic E-state index is -0.863. The number of rotatable bonds is 4. The topological polar surface area (TPSA) is 81.5 Å². The zero-order chi connectivity index (χ0) is 14.6. The van der Waals surface area contributed by atoms with Crippen LogP contribution in [0.25, 0.3) is 0 Å². The molecule has 0 saturated heterocycles. The molecule has 0 bridgehead atoms. The third kappa shape index (κ3) is 5.01. The molecule has 19 heavy (non-hydrogen) atoms. The van der Waals surface area contributed by atoms with E-state index in [4.69, 9.17) is 4.74 Å². The first-order chi connectivity index (χ1) is 8.69. The van der Waals surface area contributed by atoms with Crippen LogP contribution in [0.5, 0.6) is 0 Å². The van der Waals surface area contributed by atoms with Crippen LogP contribution in [-0.2, 0) is 9.53 Å². The number of hydrogen-bond donors (Lipinski definition) is 1. The monoisotopic (exact) mass is 270 g/mol. The van der Waals surface area contributed by atoms with E-state index < -0.39 is 22.2 Å². The first-order valence-electron chi connectivity index (χ1n) is 5.57. The molecule has 0 fully saturated rings. The van der Waals surface area contributed by atoms with Crippen LogP contribution < -0.4 is 5.32 Å². The fraction of sp³-hybridized carbons (Fsp3) is 0.417. The van der Waals surface area contributed by atoms with Crippen LogP contribution in [0.2, 0.25) is 0 Å². The number of non-ortho nitro benzene ring substituents is 1. The highest BCUT2D eigenvalue weighted by atomic mass is 19.1. The van der Waals surface area contributed by atoms with Gasteiger partial charge in [0.05, 0.1) is 22.3 Å². The van der Waals surface area contributed by atoms with Crippen molar-refractivity contribution < 1.29 is 18.8 Å². The molecule has 0 aromatic heterocycles. The lowest BCUT2D eigenvalue weighted by molar-refractivity contribution is -0.385. The van der Waals surface area contributed by atoms with E-state index in [1.54, 1.807) is 20.8 Å². The number of ether oxygens (including phenoxy) is 1. The molecule has 0 spiro atoms. The van der Waals surface area contributed by atoms with E-state index in [9.17, 15) is 19.3 Å². The van der Waals surface area contributed by atoms with E-state index in [0.717, 1.165) is 18.2 Å². The Balaban J connectivity index is 2.67. The normalized spacial score (nSPS) is 11.2. The molecule has 0 saturated carbocycles. The summed E-state index contributed by atoms with van der Waals surface area (Å²) in [5, 5.41) is 12.7. The number of nitrogens with zero attached hydrogens (tertiary/aromatic N) is 1. The van der Waals surface area contributed by atoms with Crippen LogP contribution >= 0.6 is 0 Å². The number of benzene rings is 1. The molecular weight excluding hydrogens is 255 g/mol. The molecule has 7 heteroatoms. The summed E-state index contributed by atoms with van der Waals surface area (Å²) < 4.78 is 18.7. The fourth-order valence-electron chi connectivity index (χ4n) is 1.19. The van der Waals surface area contributed by atoms with Crippen molar-refractivity contribution in [3.8, 4) is 0 Å². The lowest BCUT2D eigenvalue weighted by Gasteiger charge is -2.19. The SMILES string of the molecule is CC(C)(C)OCC(=O)Nc1ccc([N+](=O)[O-])cc1F. The van der Waals surface area contributed by atoms with Gasteiger partial charge in [-0.2, -0.15) is 0 Å². The highest BCUT2D eigenvalue weighted by Crippen LogP contribution is 2.20. The zero-order valence-electron chi connectivity index (χ0n) is 10.9. The third-order valence-electron chi connectivity index (χ3n) is 2.07. The second-order valence-corrected chi connectivity index (χ2v) is 4.87. The molecule has 0 aliphatic heterocycles. The Morgan fingerprint density at radius 3 is 2.58 bits per heavy atom. The van der Waals surface area contributed by atoms with E-state index in [0.29, 0.717) is 0 Å². The molecule has 104 valence electrons. The van der Waals surface area contributed by atoms with Gasteiger partial charge < -0.3 is 10.1 Å². The Kier molecular flexibility index (Phi) is 4.55. The predicted octanol–water partition coefficient (Wildman–Crippen LogP) is 2.49. The third-order valence-corrected chi connectivity index (χ3v) is 2.07. The maximum atomic E-state index is 13.5. The number of amides is 1. The van der Waals surface area contributed by atoms with E-state index in [1.165, 1.54) is 0 Å². The molecule has 0 unspecified atom stereocenters. The maximum absolute atomic E-state index is 13.5. The van der Waals surface area contributed by atoms with Crippen LogP contribution in [0.3, 0.4) is 0 Å². The first kappa shape index (κ1) is 15.0. The van der Waals surface area contributed by atoms with Crippen molar-refractivity contribution >= 4 is 17.3 Å². The quantitative estimate of drug-likeness (QED) is 0.673. The Hall–Kier alpha value is -2.02. The summed E-state index contributed by atoms with van der Waals surface area (Å²) in [6, 6.07) is 3.01. The van der Waals surface area contributed by atoms with Gasteiger partial charge in [0, 0.05) is 6.07 Å². The van der Waals surface area contributed by atoms with E-state index in [1.807, 2.05) is 0 Å². The van der Waals surface area contributed by atoms with Gasteiger partial charge in [0.25, 0.3) is 5.69 Å². The zero-order valence-corrected chi connectivity index (χ0v) is 10.9. The van der Waals surface area contributed by atoms with Gasteiger partial charge in [-0.3, -0.25) is 14.9 Å². The molecule has 1 aromatic rings. The van der Waals surface area contributed by atoms with E-state index >= 15 is 0 Å². The van der Waals surface area contributed by atoms with Gasteiger partial charge in [0.1, 0.15) is 6.61 Å². The number of anilines is 1. The second kappa shape index (κ2) is 5.75. The molecule has 0 aliphatic carbocycles. The Morgan fingerprint density at radius 1 is 1.47 bits per heavy atom. The Labute approximate surface area is 109 Å². The van der Waals surface area contributed by atoms with Gasteiger partial charge >= 0.3 is 0 Å². The Bertz CT molecular complexity index is 497. The smallest absolute Gasteiger partial charge is 0.272 e. The molecule has 1 rings (SSSR count). The lowest BCUT2D eigenvalue weighted by atomic mass is 10.2. The number of halogens is 1. The summed E-state index contributed by atoms with van der Waals surface area (Å²) in [7, 11) is 0. The fourth-order valence-corrected chi connectivity index (χ4v) is 1.19. The van der Waals surface area contributed by atoms with Crippen molar-refractivity contribution in [1.29, 1.82) is 0 Å². The van der Waals surface area contributed by atoms with Crippen molar-refractivity contribution in [1.82, 2.24) is 0 Å². The summed E-state index contributed by atoms with van der Waals surface area (Å²) in [6.07, 6.45) is 0. The van der Waals surface area contributed by atoms with Crippen LogP contribution in [0.15, 0.2) is 18.2 Å². The predicted molar refractivity (Wildman–Crippen MR) is 67.4 cm³/mol. The number of carbonyl (C=O) groups excluding carboxylic acids is 1. The summed E-state index contributed by atoms with van der Waals surface area (Å²) in [5.74, 6) is -1.39. The average molecular weight is 270 g/mol. The summed E-state index contributed by atoms with van der Waals surface area (Å²) in [6.45, 7) is 5.13. The number of nitrogens with one attached hydrogen (secondary N) is 1. The highest BCUT2D eigenvalue weighted by molar-refractivity contribution is 5.91. The van der Waals surface area contributed by atoms with Gasteiger partial charge in [0.15, 0.2) is 5.82 Å². The van der Waals surface area contributed by atoms with Crippen molar-refractivity contribution in [2.75, 3.05) is 11.9 Å². The summed E-state index contributed by atoms with van der Waals surface area (Å²) in [5.41, 5.74) is -0.972. The van der Waals surface area contributed by atoms with Crippen LogP contribution in [0.4, 0.5) is 15.8 Å². The first-order valence-corrected chi connectivity index (χ1v) is 5.57. The molecule has 1 aromatic carbocycles. The standard InChI is InChI=1S/C12H15FN2O4/c1-12(2,3)19-7-11(16)14-10-5-4-8(15(17)18)6-9(10)13/h4-6H,7H2,1-3H3,(H,14,16). The maximum Gasteiger partial charge on any atom is 0.272 e. The molecule has 1 N–H and O–H groups in total. The minimum Gasteiger partial charge on any atom is -0.366 e. The molecular formula is C12H15FN2O4. The summed E-state index contributed by atoms with van der Waals surface area (Å²) >= 11 is 0. The van der Waals surface area contributed by atoms with Gasteiger partial charge in [-0.05, 0) is 26.8 Å². The van der Waals surface area contributed by atoms with Gasteiger partial charge in [0.2, 0.25) is 5.91 Å². The van der Waals surface area contributed by atoms with E-state index in [2.05, 4.69) is 5.32 Å². The van der Waals surface area contributed by atoms with Crippen LogP contribution in [-0.4, -0.2) is 23.0 Å². The minimum absolute atomic E-state index is 0.117. The van der Waals surface area contributed by atoms with Gasteiger partial charge in [-0.25, -0.2) is 4.39 Å². The molecule has 0 heterocycles. The lowest BCUT2D eigenvalue weighted by Crippen LogP contribution is -2.27. The summed E-state index contributed by atoms with van der Waals surface area (Å²) in [4.78, 5) is 21.2. The molecule has 0 aliphatic rings. The molecule has 0 atom stereocenters. The second-order valence-electron chi connectivity index (χ2n) is 4.87. The molecule has 0 radical (unpaired) electrons. The highest BCUT2D eigenvalue weighted by Gasteiger charge is 2.15.